The lowest BCUT2D eigenvalue weighted by Crippen LogP contribution is -2.37. The number of amides is 2. The van der Waals surface area contributed by atoms with Crippen molar-refractivity contribution < 1.29 is 28.7 Å². The van der Waals surface area contributed by atoms with Crippen molar-refractivity contribution in [1.29, 1.82) is 0 Å². The van der Waals surface area contributed by atoms with Gasteiger partial charge in [0.25, 0.3) is 0 Å². The molecule has 0 spiro atoms. The maximum Gasteiger partial charge on any atom is 0.414 e. The Morgan fingerprint density at radius 2 is 2.12 bits per heavy atom. The average molecular weight is 367 g/mol. The third kappa shape index (κ3) is 3.88. The summed E-state index contributed by atoms with van der Waals surface area (Å²) in [6, 6.07) is 4.59. The van der Waals surface area contributed by atoms with Crippen molar-refractivity contribution >= 4 is 23.4 Å². The first-order valence-electron chi connectivity index (χ1n) is 8.59. The highest BCUT2D eigenvalue weighted by atomic mass is 19.1. The van der Waals surface area contributed by atoms with Gasteiger partial charge in [0.05, 0.1) is 37.7 Å². The van der Waals surface area contributed by atoms with Crippen LogP contribution in [0.25, 0.3) is 0 Å². The summed E-state index contributed by atoms with van der Waals surface area (Å²) in [6.07, 6.45) is -1.16. The van der Waals surface area contributed by atoms with E-state index in [0.29, 0.717) is 42.7 Å². The summed E-state index contributed by atoms with van der Waals surface area (Å²) in [7, 11) is 0. The summed E-state index contributed by atoms with van der Waals surface area (Å²) < 4.78 is 25.0. The van der Waals surface area contributed by atoms with Crippen molar-refractivity contribution in [3.63, 3.8) is 0 Å². The van der Waals surface area contributed by atoms with Crippen LogP contribution in [0.5, 0.6) is 0 Å². The molecular formula is C17H22FN3O5. The predicted octanol–water partition coefficient (Wildman–Crippen LogP) is 1.62. The Hall–Kier alpha value is -2.39. The number of hydrogen-bond acceptors (Lipinski definition) is 6. The molecule has 2 aliphatic heterocycles. The Morgan fingerprint density at radius 3 is 2.77 bits per heavy atom. The van der Waals surface area contributed by atoms with E-state index in [1.807, 2.05) is 4.90 Å². The van der Waals surface area contributed by atoms with Crippen LogP contribution in [0.1, 0.15) is 13.3 Å². The second kappa shape index (κ2) is 7.88. The van der Waals surface area contributed by atoms with Crippen LogP contribution < -0.4 is 9.80 Å². The largest absolute Gasteiger partial charge is 0.442 e. The van der Waals surface area contributed by atoms with Gasteiger partial charge in [0.1, 0.15) is 11.9 Å². The van der Waals surface area contributed by atoms with Gasteiger partial charge in [-0.2, -0.15) is 0 Å². The quantitative estimate of drug-likeness (QED) is 0.629. The summed E-state index contributed by atoms with van der Waals surface area (Å²) in [5, 5.41) is 10.2. The van der Waals surface area contributed by atoms with Crippen molar-refractivity contribution in [2.24, 2.45) is 0 Å². The zero-order chi connectivity index (χ0) is 18.7. The van der Waals surface area contributed by atoms with Gasteiger partial charge in [0.15, 0.2) is 0 Å². The molecule has 0 aliphatic carbocycles. The molecule has 1 aromatic carbocycles. The number of cyclic esters (lactones) is 1. The average Bonchev–Trinajstić information content (AvgIpc) is 3.01. The molecule has 2 saturated heterocycles. The normalized spacial score (nSPS) is 20.3. The summed E-state index contributed by atoms with van der Waals surface area (Å²) in [4.78, 5) is 26.7. The second-order valence-electron chi connectivity index (χ2n) is 6.18. The van der Waals surface area contributed by atoms with Gasteiger partial charge in [-0.1, -0.05) is 6.92 Å². The lowest BCUT2D eigenvalue weighted by molar-refractivity contribution is -0.169. The lowest BCUT2D eigenvalue weighted by Gasteiger charge is -2.29. The molecule has 26 heavy (non-hydrogen) atoms. The Labute approximate surface area is 150 Å². The van der Waals surface area contributed by atoms with Crippen LogP contribution in [0.3, 0.4) is 0 Å². The molecule has 2 fully saturated rings. The zero-order valence-electron chi connectivity index (χ0n) is 14.6. The molecule has 0 radical (unpaired) electrons. The van der Waals surface area contributed by atoms with E-state index in [4.69, 9.17) is 9.47 Å². The molecule has 0 aromatic heterocycles. The lowest BCUT2D eigenvalue weighted by atomic mass is 10.2. The topological polar surface area (TPSA) is 82.6 Å². The first-order chi connectivity index (χ1) is 12.5. The maximum atomic E-state index is 14.5. The molecule has 2 aliphatic rings. The van der Waals surface area contributed by atoms with Gasteiger partial charge >= 0.3 is 6.09 Å². The number of carbonyl (C=O) groups excluding carboxylic acids is 2. The van der Waals surface area contributed by atoms with Crippen molar-refractivity contribution in [3.8, 4) is 0 Å². The van der Waals surface area contributed by atoms with Crippen molar-refractivity contribution in [2.75, 3.05) is 49.2 Å². The third-order valence-electron chi connectivity index (χ3n) is 4.44. The van der Waals surface area contributed by atoms with E-state index < -0.39 is 23.9 Å². The highest BCUT2D eigenvalue weighted by Gasteiger charge is 2.34. The molecule has 1 atom stereocenters. The van der Waals surface area contributed by atoms with Gasteiger partial charge in [-0.3, -0.25) is 14.9 Å². The molecule has 142 valence electrons. The van der Waals surface area contributed by atoms with E-state index >= 15 is 0 Å². The summed E-state index contributed by atoms with van der Waals surface area (Å²) >= 11 is 0. The second-order valence-corrected chi connectivity index (χ2v) is 6.18. The van der Waals surface area contributed by atoms with Gasteiger partial charge in [0.2, 0.25) is 5.91 Å². The van der Waals surface area contributed by atoms with Crippen molar-refractivity contribution in [1.82, 2.24) is 5.06 Å². The van der Waals surface area contributed by atoms with Gasteiger partial charge in [-0.25, -0.2) is 14.2 Å². The summed E-state index contributed by atoms with van der Waals surface area (Å²) in [6.45, 7) is 3.96. The van der Waals surface area contributed by atoms with E-state index in [1.165, 1.54) is 11.0 Å². The Morgan fingerprint density at radius 1 is 1.38 bits per heavy atom. The maximum absolute atomic E-state index is 14.5. The predicted molar refractivity (Wildman–Crippen MR) is 90.8 cm³/mol. The van der Waals surface area contributed by atoms with Crippen LogP contribution in [0.4, 0.5) is 20.6 Å². The van der Waals surface area contributed by atoms with Gasteiger partial charge in [0, 0.05) is 19.5 Å². The fourth-order valence-corrected chi connectivity index (χ4v) is 3.03. The minimum Gasteiger partial charge on any atom is -0.442 e. The van der Waals surface area contributed by atoms with Gasteiger partial charge < -0.3 is 14.4 Å². The van der Waals surface area contributed by atoms with E-state index in [9.17, 15) is 19.2 Å². The van der Waals surface area contributed by atoms with Crippen LogP contribution in [0, 0.1) is 5.82 Å². The number of benzene rings is 1. The molecule has 0 bridgehead atoms. The van der Waals surface area contributed by atoms with Crippen LogP contribution in [0.2, 0.25) is 0 Å². The number of hydrogen-bond donors (Lipinski definition) is 1. The number of rotatable bonds is 5. The number of nitrogens with zero attached hydrogens (tertiary/aromatic N) is 3. The number of anilines is 2. The molecule has 8 nitrogen and oxygen atoms in total. The molecule has 0 saturated carbocycles. The minimum absolute atomic E-state index is 0.122. The Kier molecular flexibility index (Phi) is 5.58. The molecule has 2 amide bonds. The van der Waals surface area contributed by atoms with Crippen LogP contribution in [0.15, 0.2) is 18.2 Å². The van der Waals surface area contributed by atoms with Crippen molar-refractivity contribution in [2.45, 2.75) is 19.4 Å². The first kappa shape index (κ1) is 18.4. The van der Waals surface area contributed by atoms with Gasteiger partial charge in [-0.15, -0.1) is 0 Å². The monoisotopic (exact) mass is 367 g/mol. The SMILES string of the molecule is CCC(=O)N(O)C[C@H]1CN(c2ccc(N3CCOCC3)c(F)c2)C(=O)O1. The molecule has 1 N–H and O–H groups in total. The number of halogens is 1. The third-order valence-corrected chi connectivity index (χ3v) is 4.44. The van der Waals surface area contributed by atoms with Gasteiger partial charge in [-0.05, 0) is 18.2 Å². The highest BCUT2D eigenvalue weighted by Crippen LogP contribution is 2.28. The minimum atomic E-state index is -0.676. The van der Waals surface area contributed by atoms with E-state index in [1.54, 1.807) is 19.1 Å². The number of ether oxygens (including phenoxy) is 2. The van der Waals surface area contributed by atoms with E-state index in [0.717, 1.165) is 0 Å². The molecule has 2 heterocycles. The van der Waals surface area contributed by atoms with E-state index in [2.05, 4.69) is 0 Å². The molecule has 3 rings (SSSR count). The molecule has 0 unspecified atom stereocenters. The smallest absolute Gasteiger partial charge is 0.414 e. The standard InChI is InChI=1S/C17H22FN3O5/c1-2-16(22)21(24)11-13-10-20(17(23)26-13)12-3-4-15(14(18)9-12)19-5-7-25-8-6-19/h3-4,9,13,24H,2,5-8,10-11H2,1H3/t13-/m1/s1. The highest BCUT2D eigenvalue weighted by molar-refractivity contribution is 5.90. The number of hydroxylamine groups is 2. The van der Waals surface area contributed by atoms with Crippen LogP contribution in [-0.2, 0) is 14.3 Å². The Bertz CT molecular complexity index is 680. The summed E-state index contributed by atoms with van der Waals surface area (Å²) in [5.74, 6) is -0.883. The fourth-order valence-electron chi connectivity index (χ4n) is 3.03. The van der Waals surface area contributed by atoms with Crippen LogP contribution in [-0.4, -0.2) is 67.8 Å². The molecule has 9 heteroatoms. The number of morpholine rings is 1. The first-order valence-corrected chi connectivity index (χ1v) is 8.59. The fraction of sp³-hybridized carbons (Fsp3) is 0.529. The van der Waals surface area contributed by atoms with E-state index in [-0.39, 0.29) is 19.5 Å². The van der Waals surface area contributed by atoms with Crippen molar-refractivity contribution in [3.05, 3.63) is 24.0 Å². The zero-order valence-corrected chi connectivity index (χ0v) is 14.6. The Balaban J connectivity index is 1.68. The molecular weight excluding hydrogens is 345 g/mol. The van der Waals surface area contributed by atoms with Crippen LogP contribution >= 0.6 is 0 Å². The summed E-state index contributed by atoms with van der Waals surface area (Å²) in [5.41, 5.74) is 0.842. The number of carbonyl (C=O) groups is 2. The molecule has 1 aromatic rings.